The summed E-state index contributed by atoms with van der Waals surface area (Å²) in [5.41, 5.74) is 2.41. The lowest BCUT2D eigenvalue weighted by molar-refractivity contribution is 0.713. The Morgan fingerprint density at radius 3 is 2.77 bits per heavy atom. The van der Waals surface area contributed by atoms with Gasteiger partial charge in [0.2, 0.25) is 0 Å². The van der Waals surface area contributed by atoms with Gasteiger partial charge >= 0.3 is 0 Å². The molecular formula is C11H18N2. The van der Waals surface area contributed by atoms with Crippen LogP contribution >= 0.6 is 0 Å². The van der Waals surface area contributed by atoms with E-state index in [1.807, 2.05) is 7.05 Å². The van der Waals surface area contributed by atoms with E-state index in [-0.39, 0.29) is 0 Å². The Morgan fingerprint density at radius 1 is 1.31 bits per heavy atom. The molecule has 0 saturated carbocycles. The minimum Gasteiger partial charge on any atom is -0.320 e. The minimum atomic E-state index is 1.03. The standard InChI is InChI=1S/C11H18N2/c1-3-10-6-4-7-11(13-10)8-5-9-12-2/h4,6-7,12H,3,5,8-9H2,1-2H3. The molecule has 0 aromatic carbocycles. The molecule has 1 rings (SSSR count). The number of nitrogens with zero attached hydrogens (tertiary/aromatic N) is 1. The Labute approximate surface area is 80.4 Å². The highest BCUT2D eigenvalue weighted by Crippen LogP contribution is 2.02. The molecule has 1 aromatic heterocycles. The topological polar surface area (TPSA) is 24.9 Å². The highest BCUT2D eigenvalue weighted by atomic mass is 14.8. The zero-order chi connectivity index (χ0) is 9.52. The molecule has 1 aromatic rings. The van der Waals surface area contributed by atoms with Crippen molar-refractivity contribution < 1.29 is 0 Å². The van der Waals surface area contributed by atoms with Crippen LogP contribution in [0.3, 0.4) is 0 Å². The molecule has 0 unspecified atom stereocenters. The fourth-order valence-corrected chi connectivity index (χ4v) is 1.31. The summed E-state index contributed by atoms with van der Waals surface area (Å²) in [7, 11) is 1.98. The summed E-state index contributed by atoms with van der Waals surface area (Å²) in [6, 6.07) is 6.29. The highest BCUT2D eigenvalue weighted by Gasteiger charge is 1.95. The van der Waals surface area contributed by atoms with Gasteiger partial charge in [-0.25, -0.2) is 0 Å². The maximum Gasteiger partial charge on any atom is 0.0407 e. The van der Waals surface area contributed by atoms with Gasteiger partial charge in [0.15, 0.2) is 0 Å². The average Bonchev–Trinajstić information content (AvgIpc) is 2.19. The van der Waals surface area contributed by atoms with Crippen LogP contribution in [0.5, 0.6) is 0 Å². The third kappa shape index (κ3) is 3.55. The predicted octanol–water partition coefficient (Wildman–Crippen LogP) is 1.80. The molecule has 0 atom stereocenters. The molecule has 0 fully saturated rings. The summed E-state index contributed by atoms with van der Waals surface area (Å²) in [6.07, 6.45) is 3.27. The van der Waals surface area contributed by atoms with Gasteiger partial charge in [0.25, 0.3) is 0 Å². The smallest absolute Gasteiger partial charge is 0.0407 e. The SMILES string of the molecule is CCc1cccc(CCCNC)n1. The van der Waals surface area contributed by atoms with E-state index in [9.17, 15) is 0 Å². The minimum absolute atomic E-state index is 1.03. The molecule has 2 heteroatoms. The van der Waals surface area contributed by atoms with Crippen LogP contribution < -0.4 is 5.32 Å². The molecule has 0 aliphatic heterocycles. The Hall–Kier alpha value is -0.890. The predicted molar refractivity (Wildman–Crippen MR) is 55.9 cm³/mol. The van der Waals surface area contributed by atoms with Crippen molar-refractivity contribution in [2.75, 3.05) is 13.6 Å². The Balaban J connectivity index is 2.46. The van der Waals surface area contributed by atoms with E-state index in [0.717, 1.165) is 25.8 Å². The number of aryl methyl sites for hydroxylation is 2. The van der Waals surface area contributed by atoms with Crippen molar-refractivity contribution in [1.82, 2.24) is 10.3 Å². The van der Waals surface area contributed by atoms with Gasteiger partial charge in [-0.3, -0.25) is 4.98 Å². The fourth-order valence-electron chi connectivity index (χ4n) is 1.31. The van der Waals surface area contributed by atoms with Crippen LogP contribution in [0, 0.1) is 0 Å². The molecule has 0 saturated heterocycles. The number of aromatic nitrogens is 1. The van der Waals surface area contributed by atoms with Gasteiger partial charge < -0.3 is 5.32 Å². The van der Waals surface area contributed by atoms with Crippen molar-refractivity contribution >= 4 is 0 Å². The molecule has 0 bridgehead atoms. The summed E-state index contributed by atoms with van der Waals surface area (Å²) in [6.45, 7) is 3.21. The molecular weight excluding hydrogens is 160 g/mol. The third-order valence-electron chi connectivity index (χ3n) is 2.09. The maximum absolute atomic E-state index is 4.54. The van der Waals surface area contributed by atoms with Crippen molar-refractivity contribution in [3.05, 3.63) is 29.6 Å². The lowest BCUT2D eigenvalue weighted by Crippen LogP contribution is -2.09. The molecule has 1 heterocycles. The van der Waals surface area contributed by atoms with E-state index in [0.29, 0.717) is 0 Å². The first-order valence-electron chi connectivity index (χ1n) is 4.96. The van der Waals surface area contributed by atoms with Crippen LogP contribution in [0.4, 0.5) is 0 Å². The first-order chi connectivity index (χ1) is 6.36. The van der Waals surface area contributed by atoms with E-state index < -0.39 is 0 Å². The van der Waals surface area contributed by atoms with E-state index >= 15 is 0 Å². The van der Waals surface area contributed by atoms with Gasteiger partial charge in [0.1, 0.15) is 0 Å². The number of hydrogen-bond donors (Lipinski definition) is 1. The number of pyridine rings is 1. The average molecular weight is 178 g/mol. The Bertz CT molecular complexity index is 246. The Kier molecular flexibility index (Phi) is 4.47. The van der Waals surface area contributed by atoms with E-state index in [2.05, 4.69) is 35.4 Å². The van der Waals surface area contributed by atoms with Crippen LogP contribution in [0.2, 0.25) is 0 Å². The van der Waals surface area contributed by atoms with Gasteiger partial charge in [-0.05, 0) is 45.0 Å². The van der Waals surface area contributed by atoms with Crippen LogP contribution in [-0.2, 0) is 12.8 Å². The van der Waals surface area contributed by atoms with E-state index in [1.165, 1.54) is 11.4 Å². The molecule has 0 aliphatic carbocycles. The Morgan fingerprint density at radius 2 is 2.08 bits per heavy atom. The first-order valence-corrected chi connectivity index (χ1v) is 4.96. The molecule has 0 spiro atoms. The molecule has 1 N–H and O–H groups in total. The zero-order valence-electron chi connectivity index (χ0n) is 8.51. The normalized spacial score (nSPS) is 10.3. The van der Waals surface area contributed by atoms with Crippen LogP contribution in [-0.4, -0.2) is 18.6 Å². The number of rotatable bonds is 5. The third-order valence-corrected chi connectivity index (χ3v) is 2.09. The molecule has 2 nitrogen and oxygen atoms in total. The van der Waals surface area contributed by atoms with E-state index in [4.69, 9.17) is 0 Å². The van der Waals surface area contributed by atoms with Crippen LogP contribution in [0.15, 0.2) is 18.2 Å². The first kappa shape index (κ1) is 10.2. The summed E-state index contributed by atoms with van der Waals surface area (Å²) >= 11 is 0. The van der Waals surface area contributed by atoms with Crippen molar-refractivity contribution in [3.8, 4) is 0 Å². The molecule has 13 heavy (non-hydrogen) atoms. The van der Waals surface area contributed by atoms with Gasteiger partial charge in [-0.15, -0.1) is 0 Å². The lowest BCUT2D eigenvalue weighted by atomic mass is 10.2. The largest absolute Gasteiger partial charge is 0.320 e. The number of nitrogens with one attached hydrogen (secondary N) is 1. The summed E-state index contributed by atoms with van der Waals surface area (Å²) < 4.78 is 0. The second-order valence-corrected chi connectivity index (χ2v) is 3.18. The van der Waals surface area contributed by atoms with Gasteiger partial charge in [0, 0.05) is 11.4 Å². The second-order valence-electron chi connectivity index (χ2n) is 3.18. The monoisotopic (exact) mass is 178 g/mol. The number of hydrogen-bond acceptors (Lipinski definition) is 2. The van der Waals surface area contributed by atoms with Crippen LogP contribution in [0.1, 0.15) is 24.7 Å². The molecule has 0 radical (unpaired) electrons. The van der Waals surface area contributed by atoms with Crippen LogP contribution in [0.25, 0.3) is 0 Å². The van der Waals surface area contributed by atoms with Crippen molar-refractivity contribution in [2.45, 2.75) is 26.2 Å². The quantitative estimate of drug-likeness (QED) is 0.695. The summed E-state index contributed by atoms with van der Waals surface area (Å²) in [5.74, 6) is 0. The molecule has 0 amide bonds. The van der Waals surface area contributed by atoms with Crippen molar-refractivity contribution in [2.24, 2.45) is 0 Å². The summed E-state index contributed by atoms with van der Waals surface area (Å²) in [5, 5.41) is 3.14. The molecule has 0 aliphatic rings. The van der Waals surface area contributed by atoms with Crippen molar-refractivity contribution in [3.63, 3.8) is 0 Å². The fraction of sp³-hybridized carbons (Fsp3) is 0.545. The van der Waals surface area contributed by atoms with E-state index in [1.54, 1.807) is 0 Å². The lowest BCUT2D eigenvalue weighted by Gasteiger charge is -2.02. The highest BCUT2D eigenvalue weighted by molar-refractivity contribution is 5.11. The molecule has 72 valence electrons. The van der Waals surface area contributed by atoms with Gasteiger partial charge in [-0.1, -0.05) is 13.0 Å². The summed E-state index contributed by atoms with van der Waals surface area (Å²) in [4.78, 5) is 4.54. The second kappa shape index (κ2) is 5.70. The van der Waals surface area contributed by atoms with Crippen molar-refractivity contribution in [1.29, 1.82) is 0 Å². The maximum atomic E-state index is 4.54. The van der Waals surface area contributed by atoms with Gasteiger partial charge in [-0.2, -0.15) is 0 Å². The zero-order valence-corrected chi connectivity index (χ0v) is 8.51. The van der Waals surface area contributed by atoms with Gasteiger partial charge in [0.05, 0.1) is 0 Å².